The first kappa shape index (κ1) is 14.8. The molecule has 2 nitrogen and oxygen atoms in total. The van der Waals surface area contributed by atoms with Crippen LogP contribution in [-0.4, -0.2) is 14.1 Å². The average molecular weight is 410 g/mol. The Morgan fingerprint density at radius 3 is 2.29 bits per heavy atom. The van der Waals surface area contributed by atoms with Gasteiger partial charge >= 0.3 is 0 Å². The largest absolute Gasteiger partial charge is 0.507 e. The molecule has 0 amide bonds. The Morgan fingerprint density at radius 1 is 1.05 bits per heavy atom. The van der Waals surface area contributed by atoms with Crippen molar-refractivity contribution in [3.8, 4) is 16.9 Å². The number of ketones is 1. The van der Waals surface area contributed by atoms with Crippen LogP contribution in [-0.2, 0) is 6.42 Å². The van der Waals surface area contributed by atoms with Crippen molar-refractivity contribution in [2.75, 3.05) is 0 Å². The highest BCUT2D eigenvalue weighted by atomic mass is 79.9. The van der Waals surface area contributed by atoms with Gasteiger partial charge in [0.2, 0.25) is 0 Å². The molecular formula is C17H14Br2O2. The molecule has 0 saturated carbocycles. The first-order valence-corrected chi connectivity index (χ1v) is 8.24. The molecule has 0 aromatic heterocycles. The van der Waals surface area contributed by atoms with E-state index in [1.165, 1.54) is 0 Å². The molecule has 0 fully saturated rings. The molecule has 2 aromatic carbocycles. The normalized spacial score (nSPS) is 16.1. The number of benzene rings is 2. The number of hydrogen-bond acceptors (Lipinski definition) is 2. The van der Waals surface area contributed by atoms with Crippen molar-refractivity contribution in [2.24, 2.45) is 0 Å². The zero-order valence-electron chi connectivity index (χ0n) is 11.7. The number of rotatable bonds is 1. The van der Waals surface area contributed by atoms with Crippen LogP contribution >= 0.6 is 31.9 Å². The van der Waals surface area contributed by atoms with E-state index in [1.54, 1.807) is 0 Å². The van der Waals surface area contributed by atoms with Crippen LogP contribution in [0.4, 0.5) is 0 Å². The highest BCUT2D eigenvalue weighted by Crippen LogP contribution is 2.42. The standard InChI is InChI=1S/C17H14Br2O2/c1-9-5-12(6-10(2)15(9)20)11-3-4-14-13(7-11)8-17(18,19)16(14)21/h3-7,20H,8H2,1-2H3. The predicted molar refractivity (Wildman–Crippen MR) is 91.6 cm³/mol. The minimum absolute atomic E-state index is 0.0714. The Labute approximate surface area is 140 Å². The van der Waals surface area contributed by atoms with Crippen molar-refractivity contribution in [1.29, 1.82) is 0 Å². The molecule has 0 bridgehead atoms. The summed E-state index contributed by atoms with van der Waals surface area (Å²) in [6, 6.07) is 9.84. The van der Waals surface area contributed by atoms with Gasteiger partial charge in [0.05, 0.1) is 0 Å². The van der Waals surface area contributed by atoms with Gasteiger partial charge in [-0.15, -0.1) is 0 Å². The van der Waals surface area contributed by atoms with Gasteiger partial charge in [-0.05, 0) is 53.8 Å². The molecule has 108 valence electrons. The van der Waals surface area contributed by atoms with Crippen LogP contribution in [0.2, 0.25) is 0 Å². The Morgan fingerprint density at radius 2 is 1.67 bits per heavy atom. The highest BCUT2D eigenvalue weighted by molar-refractivity contribution is 9.26. The Balaban J connectivity index is 2.10. The smallest absolute Gasteiger partial charge is 0.190 e. The number of halogens is 2. The quantitative estimate of drug-likeness (QED) is 0.680. The summed E-state index contributed by atoms with van der Waals surface area (Å²) in [6.07, 6.45) is 0.630. The molecule has 0 heterocycles. The number of fused-ring (bicyclic) bond motifs is 1. The van der Waals surface area contributed by atoms with Crippen LogP contribution in [0, 0.1) is 13.8 Å². The Kier molecular flexibility index (Phi) is 3.49. The number of aromatic hydroxyl groups is 1. The number of phenolic OH excluding ortho intramolecular Hbond substituents is 1. The maximum atomic E-state index is 12.2. The minimum atomic E-state index is -0.665. The van der Waals surface area contributed by atoms with Crippen molar-refractivity contribution in [3.05, 3.63) is 52.6 Å². The van der Waals surface area contributed by atoms with Gasteiger partial charge in [-0.3, -0.25) is 4.79 Å². The molecule has 1 N–H and O–H groups in total. The lowest BCUT2D eigenvalue weighted by molar-refractivity contribution is 0.0994. The molecule has 2 aromatic rings. The molecule has 0 radical (unpaired) electrons. The molecule has 3 rings (SSSR count). The van der Waals surface area contributed by atoms with Crippen molar-refractivity contribution in [1.82, 2.24) is 0 Å². The fourth-order valence-electron chi connectivity index (χ4n) is 2.78. The highest BCUT2D eigenvalue weighted by Gasteiger charge is 2.41. The number of alkyl halides is 2. The van der Waals surface area contributed by atoms with Gasteiger partial charge in [0.25, 0.3) is 0 Å². The maximum absolute atomic E-state index is 12.2. The summed E-state index contributed by atoms with van der Waals surface area (Å²) >= 11 is 6.87. The van der Waals surface area contributed by atoms with Crippen LogP contribution in [0.25, 0.3) is 11.1 Å². The lowest BCUT2D eigenvalue weighted by Crippen LogP contribution is -2.19. The maximum Gasteiger partial charge on any atom is 0.190 e. The van der Waals surface area contributed by atoms with E-state index in [0.29, 0.717) is 12.2 Å². The van der Waals surface area contributed by atoms with E-state index in [-0.39, 0.29) is 5.78 Å². The molecule has 0 saturated heterocycles. The summed E-state index contributed by atoms with van der Waals surface area (Å²) in [7, 11) is 0. The van der Waals surface area contributed by atoms with Crippen LogP contribution in [0.1, 0.15) is 27.0 Å². The third-order valence-corrected chi connectivity index (χ3v) is 5.20. The second-order valence-electron chi connectivity index (χ2n) is 5.54. The van der Waals surface area contributed by atoms with Crippen LogP contribution in [0.5, 0.6) is 5.75 Å². The van der Waals surface area contributed by atoms with Crippen molar-refractivity contribution in [2.45, 2.75) is 23.5 Å². The van der Waals surface area contributed by atoms with Gasteiger partial charge in [0, 0.05) is 12.0 Å². The molecule has 0 atom stereocenters. The lowest BCUT2D eigenvalue weighted by atomic mass is 9.97. The molecule has 0 spiro atoms. The molecule has 0 unspecified atom stereocenters. The Bertz CT molecular complexity index is 740. The van der Waals surface area contributed by atoms with Gasteiger partial charge in [0.1, 0.15) is 8.98 Å². The predicted octanol–water partition coefficient (Wildman–Crippen LogP) is 4.90. The fourth-order valence-corrected chi connectivity index (χ4v) is 3.81. The molecule has 0 aliphatic heterocycles. The van der Waals surface area contributed by atoms with E-state index in [4.69, 9.17) is 0 Å². The molecule has 21 heavy (non-hydrogen) atoms. The Hall–Kier alpha value is -1.13. The van der Waals surface area contributed by atoms with Gasteiger partial charge in [-0.2, -0.15) is 0 Å². The molecule has 4 heteroatoms. The summed E-state index contributed by atoms with van der Waals surface area (Å²) in [5.74, 6) is 0.414. The summed E-state index contributed by atoms with van der Waals surface area (Å²) in [6.45, 7) is 3.79. The van der Waals surface area contributed by atoms with Crippen molar-refractivity contribution < 1.29 is 9.90 Å². The van der Waals surface area contributed by atoms with Crippen molar-refractivity contribution in [3.63, 3.8) is 0 Å². The number of carbonyl (C=O) groups is 1. The number of carbonyl (C=O) groups excluding carboxylic acids is 1. The van der Waals surface area contributed by atoms with Gasteiger partial charge in [0.15, 0.2) is 5.78 Å². The molecule has 1 aliphatic carbocycles. The number of Topliss-reactive ketones (excluding diaryl/α,β-unsaturated/α-hetero) is 1. The van der Waals surface area contributed by atoms with E-state index in [9.17, 15) is 9.90 Å². The summed E-state index contributed by atoms with van der Waals surface area (Å²) in [5.41, 5.74) is 5.63. The fraction of sp³-hybridized carbons (Fsp3) is 0.235. The SMILES string of the molecule is Cc1cc(-c2ccc3c(c2)CC(Br)(Br)C3=O)cc(C)c1O. The number of phenols is 1. The average Bonchev–Trinajstić information content (AvgIpc) is 2.65. The first-order valence-electron chi connectivity index (χ1n) is 6.66. The zero-order valence-corrected chi connectivity index (χ0v) is 14.9. The zero-order chi connectivity index (χ0) is 15.4. The summed E-state index contributed by atoms with van der Waals surface area (Å²) in [5, 5.41) is 9.88. The molecular weight excluding hydrogens is 396 g/mol. The number of hydrogen-bond donors (Lipinski definition) is 1. The second kappa shape index (κ2) is 4.96. The van der Waals surface area contributed by atoms with Gasteiger partial charge < -0.3 is 5.11 Å². The third kappa shape index (κ3) is 2.44. The molecule has 1 aliphatic rings. The van der Waals surface area contributed by atoms with Gasteiger partial charge in [-0.25, -0.2) is 0 Å². The lowest BCUT2D eigenvalue weighted by Gasteiger charge is -2.09. The monoisotopic (exact) mass is 408 g/mol. The minimum Gasteiger partial charge on any atom is -0.507 e. The number of aryl methyl sites for hydroxylation is 2. The van der Waals surface area contributed by atoms with Crippen LogP contribution < -0.4 is 0 Å². The first-order chi connectivity index (χ1) is 9.79. The van der Waals surface area contributed by atoms with Crippen LogP contribution in [0.15, 0.2) is 30.3 Å². The van der Waals surface area contributed by atoms with E-state index < -0.39 is 3.23 Å². The second-order valence-corrected chi connectivity index (χ2v) is 9.31. The van der Waals surface area contributed by atoms with E-state index >= 15 is 0 Å². The van der Waals surface area contributed by atoms with E-state index in [2.05, 4.69) is 37.9 Å². The van der Waals surface area contributed by atoms with Gasteiger partial charge in [-0.1, -0.05) is 50.1 Å². The summed E-state index contributed by atoms with van der Waals surface area (Å²) in [4.78, 5) is 12.2. The topological polar surface area (TPSA) is 37.3 Å². The van der Waals surface area contributed by atoms with E-state index in [1.807, 2.05) is 38.1 Å². The van der Waals surface area contributed by atoms with Crippen LogP contribution in [0.3, 0.4) is 0 Å². The van der Waals surface area contributed by atoms with E-state index in [0.717, 1.165) is 33.4 Å². The van der Waals surface area contributed by atoms with Crippen molar-refractivity contribution >= 4 is 37.6 Å². The third-order valence-electron chi connectivity index (χ3n) is 3.92. The summed E-state index contributed by atoms with van der Waals surface area (Å²) < 4.78 is -0.665.